The molecule has 0 saturated carbocycles. The zero-order chi connectivity index (χ0) is 13.2. The minimum absolute atomic E-state index is 0.272. The molecule has 0 aromatic heterocycles. The largest absolute Gasteiger partial charge is 0.385 e. The molecule has 1 aromatic rings. The number of hydrogen-bond donors (Lipinski definition) is 2. The lowest BCUT2D eigenvalue weighted by Crippen LogP contribution is -2.38. The maximum atomic E-state index is 5.28. The third-order valence-electron chi connectivity index (χ3n) is 2.73. The molecule has 0 spiro atoms. The Morgan fingerprint density at radius 1 is 1.33 bits per heavy atom. The van der Waals surface area contributed by atoms with E-state index in [1.807, 2.05) is 6.07 Å². The summed E-state index contributed by atoms with van der Waals surface area (Å²) in [5.74, 6) is 0. The average molecular weight is 266 g/mol. The summed E-state index contributed by atoms with van der Waals surface area (Å²) in [7, 11) is 1.71. The van der Waals surface area contributed by atoms with Crippen molar-refractivity contribution in [2.24, 2.45) is 0 Å². The highest BCUT2D eigenvalue weighted by molar-refractivity contribution is 7.80. The normalized spacial score (nSPS) is 11.9. The van der Waals surface area contributed by atoms with Crippen molar-refractivity contribution >= 4 is 17.3 Å². The topological polar surface area (TPSA) is 33.3 Å². The van der Waals surface area contributed by atoms with E-state index >= 15 is 0 Å². The van der Waals surface area contributed by atoms with Crippen molar-refractivity contribution < 1.29 is 4.74 Å². The van der Waals surface area contributed by atoms with Crippen LogP contribution in [0.4, 0.5) is 0 Å². The summed E-state index contributed by atoms with van der Waals surface area (Å²) in [4.78, 5) is 0. The van der Waals surface area contributed by atoms with Gasteiger partial charge in [0.2, 0.25) is 0 Å². The fourth-order valence-corrected chi connectivity index (χ4v) is 1.98. The van der Waals surface area contributed by atoms with Gasteiger partial charge in [0.25, 0.3) is 0 Å². The second-order valence-electron chi connectivity index (χ2n) is 4.12. The highest BCUT2D eigenvalue weighted by Gasteiger charge is 2.09. The molecule has 1 rings (SSSR count). The van der Waals surface area contributed by atoms with Crippen LogP contribution in [-0.2, 0) is 4.74 Å². The van der Waals surface area contributed by atoms with Crippen LogP contribution < -0.4 is 10.6 Å². The average Bonchev–Trinajstić information content (AvgIpc) is 2.42. The second-order valence-corrected chi connectivity index (χ2v) is 4.53. The van der Waals surface area contributed by atoms with Crippen LogP contribution in [0.15, 0.2) is 30.3 Å². The summed E-state index contributed by atoms with van der Waals surface area (Å²) in [5, 5.41) is 7.24. The van der Waals surface area contributed by atoms with Gasteiger partial charge in [0.05, 0.1) is 6.04 Å². The lowest BCUT2D eigenvalue weighted by Gasteiger charge is -2.20. The van der Waals surface area contributed by atoms with Crippen LogP contribution in [0.25, 0.3) is 0 Å². The Morgan fingerprint density at radius 3 is 2.67 bits per heavy atom. The molecule has 3 nitrogen and oxygen atoms in total. The summed E-state index contributed by atoms with van der Waals surface area (Å²) in [5.41, 5.74) is 1.26. The molecular formula is C14H22N2OS. The smallest absolute Gasteiger partial charge is 0.166 e. The van der Waals surface area contributed by atoms with E-state index in [4.69, 9.17) is 17.0 Å². The van der Waals surface area contributed by atoms with Crippen molar-refractivity contribution in [3.63, 3.8) is 0 Å². The van der Waals surface area contributed by atoms with Crippen molar-refractivity contribution in [3.8, 4) is 0 Å². The van der Waals surface area contributed by atoms with Crippen LogP contribution >= 0.6 is 12.2 Å². The molecule has 0 heterocycles. The van der Waals surface area contributed by atoms with Crippen molar-refractivity contribution in [1.82, 2.24) is 10.6 Å². The van der Waals surface area contributed by atoms with E-state index in [-0.39, 0.29) is 6.04 Å². The number of benzene rings is 1. The lowest BCUT2D eigenvalue weighted by molar-refractivity contribution is 0.195. The molecule has 4 heteroatoms. The molecular weight excluding hydrogens is 244 g/mol. The van der Waals surface area contributed by atoms with E-state index in [1.165, 1.54) is 5.56 Å². The molecule has 0 radical (unpaired) electrons. The number of thiocarbonyl (C=S) groups is 1. The van der Waals surface area contributed by atoms with Crippen LogP contribution in [0.2, 0.25) is 0 Å². The number of ether oxygens (including phenoxy) is 1. The third kappa shape index (κ3) is 5.47. The molecule has 0 aliphatic heterocycles. The first-order valence-corrected chi connectivity index (χ1v) is 6.77. The fraction of sp³-hybridized carbons (Fsp3) is 0.500. The van der Waals surface area contributed by atoms with Gasteiger partial charge in [-0.15, -0.1) is 0 Å². The maximum absolute atomic E-state index is 5.28. The van der Waals surface area contributed by atoms with Crippen molar-refractivity contribution in [1.29, 1.82) is 0 Å². The highest BCUT2D eigenvalue weighted by Crippen LogP contribution is 2.15. The van der Waals surface area contributed by atoms with Gasteiger partial charge in [-0.2, -0.15) is 0 Å². The quantitative estimate of drug-likeness (QED) is 0.587. The molecule has 2 N–H and O–H groups in total. The first-order chi connectivity index (χ1) is 8.77. The third-order valence-corrected chi connectivity index (χ3v) is 2.99. The van der Waals surface area contributed by atoms with E-state index in [0.717, 1.165) is 26.0 Å². The van der Waals surface area contributed by atoms with Crippen LogP contribution in [0.1, 0.15) is 31.4 Å². The van der Waals surface area contributed by atoms with Gasteiger partial charge in [0, 0.05) is 20.3 Å². The SMILES string of the molecule is CCC(NC(=S)NCCCOC)c1ccccc1. The maximum Gasteiger partial charge on any atom is 0.166 e. The summed E-state index contributed by atoms with van der Waals surface area (Å²) in [6, 6.07) is 10.6. The molecule has 0 fully saturated rings. The Kier molecular flexibility index (Phi) is 7.37. The van der Waals surface area contributed by atoms with Gasteiger partial charge in [-0.3, -0.25) is 0 Å². The summed E-state index contributed by atoms with van der Waals surface area (Å²) >= 11 is 5.28. The van der Waals surface area contributed by atoms with Gasteiger partial charge < -0.3 is 15.4 Å². The Hall–Kier alpha value is -1.13. The molecule has 1 aromatic carbocycles. The second kappa shape index (κ2) is 8.89. The predicted octanol–water partition coefficient (Wildman–Crippen LogP) is 2.64. The fourth-order valence-electron chi connectivity index (χ4n) is 1.73. The monoisotopic (exact) mass is 266 g/mol. The summed E-state index contributed by atoms with van der Waals surface area (Å²) in [6.45, 7) is 3.74. The lowest BCUT2D eigenvalue weighted by atomic mass is 10.1. The zero-order valence-corrected chi connectivity index (χ0v) is 11.9. The molecule has 1 atom stereocenters. The standard InChI is InChI=1S/C14H22N2OS/c1-3-13(12-8-5-4-6-9-12)16-14(18)15-10-7-11-17-2/h4-6,8-9,13H,3,7,10-11H2,1-2H3,(H2,15,16,18). The molecule has 18 heavy (non-hydrogen) atoms. The number of hydrogen-bond acceptors (Lipinski definition) is 2. The minimum atomic E-state index is 0.272. The highest BCUT2D eigenvalue weighted by atomic mass is 32.1. The minimum Gasteiger partial charge on any atom is -0.385 e. The van der Waals surface area contributed by atoms with Crippen LogP contribution in [-0.4, -0.2) is 25.4 Å². The Morgan fingerprint density at radius 2 is 2.06 bits per heavy atom. The number of methoxy groups -OCH3 is 1. The molecule has 100 valence electrons. The number of nitrogens with one attached hydrogen (secondary N) is 2. The van der Waals surface area contributed by atoms with Gasteiger partial charge in [0.1, 0.15) is 0 Å². The van der Waals surface area contributed by atoms with Gasteiger partial charge in [0.15, 0.2) is 5.11 Å². The van der Waals surface area contributed by atoms with E-state index in [1.54, 1.807) is 7.11 Å². The summed E-state index contributed by atoms with van der Waals surface area (Å²) < 4.78 is 4.99. The van der Waals surface area contributed by atoms with Gasteiger partial charge >= 0.3 is 0 Å². The van der Waals surface area contributed by atoms with E-state index in [9.17, 15) is 0 Å². The molecule has 0 bridgehead atoms. The Labute approximate surface area is 115 Å². The first-order valence-electron chi connectivity index (χ1n) is 6.36. The first kappa shape index (κ1) is 14.9. The molecule has 0 aliphatic carbocycles. The molecule has 0 aliphatic rings. The van der Waals surface area contributed by atoms with E-state index < -0.39 is 0 Å². The van der Waals surface area contributed by atoms with Crippen molar-refractivity contribution in [3.05, 3.63) is 35.9 Å². The molecule has 0 amide bonds. The number of rotatable bonds is 7. The van der Waals surface area contributed by atoms with Crippen LogP contribution in [0.5, 0.6) is 0 Å². The molecule has 1 unspecified atom stereocenters. The summed E-state index contributed by atoms with van der Waals surface area (Å²) in [6.07, 6.45) is 1.96. The molecule has 0 saturated heterocycles. The van der Waals surface area contributed by atoms with Crippen molar-refractivity contribution in [2.45, 2.75) is 25.8 Å². The predicted molar refractivity (Wildman–Crippen MR) is 79.7 cm³/mol. The van der Waals surface area contributed by atoms with Crippen molar-refractivity contribution in [2.75, 3.05) is 20.3 Å². The van der Waals surface area contributed by atoms with Crippen LogP contribution in [0, 0.1) is 0 Å². The van der Waals surface area contributed by atoms with Crippen LogP contribution in [0.3, 0.4) is 0 Å². The zero-order valence-electron chi connectivity index (χ0n) is 11.1. The van der Waals surface area contributed by atoms with Gasteiger partial charge in [-0.1, -0.05) is 37.3 Å². The van der Waals surface area contributed by atoms with E-state index in [2.05, 4.69) is 41.8 Å². The van der Waals surface area contributed by atoms with Gasteiger partial charge in [-0.25, -0.2) is 0 Å². The Bertz CT molecular complexity index is 343. The van der Waals surface area contributed by atoms with E-state index in [0.29, 0.717) is 5.11 Å². The Balaban J connectivity index is 2.37. The van der Waals surface area contributed by atoms with Gasteiger partial charge in [-0.05, 0) is 30.6 Å².